The fourth-order valence-electron chi connectivity index (χ4n) is 4.91. The van der Waals surface area contributed by atoms with E-state index in [1.54, 1.807) is 6.08 Å². The van der Waals surface area contributed by atoms with E-state index in [0.29, 0.717) is 13.1 Å². The summed E-state index contributed by atoms with van der Waals surface area (Å²) in [6.45, 7) is 2.66. The first kappa shape index (κ1) is 22.6. The Kier molecular flexibility index (Phi) is 6.70. The fourth-order valence-corrected chi connectivity index (χ4v) is 4.91. The molecule has 172 valence electrons. The lowest BCUT2D eigenvalue weighted by Crippen LogP contribution is -2.50. The summed E-state index contributed by atoms with van der Waals surface area (Å²) in [7, 11) is 0. The van der Waals surface area contributed by atoms with Gasteiger partial charge >= 0.3 is 0 Å². The van der Waals surface area contributed by atoms with Gasteiger partial charge in [-0.1, -0.05) is 103 Å². The van der Waals surface area contributed by atoms with Crippen LogP contribution in [0.2, 0.25) is 0 Å². The van der Waals surface area contributed by atoms with Gasteiger partial charge in [-0.2, -0.15) is 5.26 Å². The Morgan fingerprint density at radius 2 is 1.31 bits per heavy atom. The summed E-state index contributed by atoms with van der Waals surface area (Å²) in [4.78, 5) is 17.5. The summed E-state index contributed by atoms with van der Waals surface area (Å²) in [5.74, 6) is -0.198. The highest BCUT2D eigenvalue weighted by atomic mass is 16.2. The normalized spacial score (nSPS) is 14.7. The van der Waals surface area contributed by atoms with Crippen molar-refractivity contribution in [2.24, 2.45) is 0 Å². The SMILES string of the molecule is N#C/C(=C\c1cccc2ccccc12)C(=O)N1CCN(C(c2ccccc2)c2ccccc2)CC1. The number of carbonyl (C=O) groups excluding carboxylic acids is 1. The van der Waals surface area contributed by atoms with Crippen LogP contribution >= 0.6 is 0 Å². The molecule has 0 atom stereocenters. The number of rotatable bonds is 5. The maximum absolute atomic E-state index is 13.3. The third-order valence-electron chi connectivity index (χ3n) is 6.67. The van der Waals surface area contributed by atoms with Gasteiger partial charge < -0.3 is 4.90 Å². The quantitative estimate of drug-likeness (QED) is 0.286. The molecule has 1 fully saturated rings. The second-order valence-electron chi connectivity index (χ2n) is 8.79. The van der Waals surface area contributed by atoms with Crippen molar-refractivity contribution in [1.29, 1.82) is 5.26 Å². The third kappa shape index (κ3) is 4.87. The second kappa shape index (κ2) is 10.4. The molecule has 0 aromatic heterocycles. The van der Waals surface area contributed by atoms with Gasteiger partial charge in [0.1, 0.15) is 11.6 Å². The number of nitrogens with zero attached hydrogens (tertiary/aromatic N) is 3. The van der Waals surface area contributed by atoms with Crippen LogP contribution in [-0.2, 0) is 4.79 Å². The van der Waals surface area contributed by atoms with Gasteiger partial charge in [-0.15, -0.1) is 0 Å². The first-order valence-corrected chi connectivity index (χ1v) is 12.0. The van der Waals surface area contributed by atoms with Gasteiger partial charge in [-0.25, -0.2) is 0 Å². The minimum absolute atomic E-state index is 0.135. The first-order valence-electron chi connectivity index (χ1n) is 12.0. The highest BCUT2D eigenvalue weighted by Crippen LogP contribution is 2.30. The summed E-state index contributed by atoms with van der Waals surface area (Å²) in [6, 6.07) is 37.3. The molecule has 1 amide bonds. The Hall–Kier alpha value is -4.20. The molecule has 1 heterocycles. The zero-order valence-electron chi connectivity index (χ0n) is 19.5. The van der Waals surface area contributed by atoms with Crippen molar-refractivity contribution >= 4 is 22.8 Å². The molecule has 0 N–H and O–H groups in total. The molecular weight excluding hydrogens is 430 g/mol. The second-order valence-corrected chi connectivity index (χ2v) is 8.79. The Morgan fingerprint density at radius 1 is 0.743 bits per heavy atom. The summed E-state index contributed by atoms with van der Waals surface area (Å²) in [5.41, 5.74) is 3.55. The molecule has 1 aliphatic rings. The molecular formula is C31H27N3O. The Labute approximate surface area is 206 Å². The van der Waals surface area contributed by atoms with Gasteiger partial charge in [0.15, 0.2) is 0 Å². The Morgan fingerprint density at radius 3 is 1.94 bits per heavy atom. The van der Waals surface area contributed by atoms with Crippen molar-refractivity contribution in [3.8, 4) is 6.07 Å². The number of nitriles is 1. The number of fused-ring (bicyclic) bond motifs is 1. The van der Waals surface area contributed by atoms with Crippen LogP contribution in [0, 0.1) is 11.3 Å². The largest absolute Gasteiger partial charge is 0.335 e. The number of hydrogen-bond donors (Lipinski definition) is 0. The molecule has 5 rings (SSSR count). The van der Waals surface area contributed by atoms with Crippen LogP contribution in [-0.4, -0.2) is 41.9 Å². The van der Waals surface area contributed by atoms with Crippen LogP contribution in [0.25, 0.3) is 16.8 Å². The third-order valence-corrected chi connectivity index (χ3v) is 6.67. The zero-order chi connectivity index (χ0) is 24.0. The molecule has 35 heavy (non-hydrogen) atoms. The maximum atomic E-state index is 13.3. The van der Waals surface area contributed by atoms with E-state index in [0.717, 1.165) is 29.4 Å². The standard InChI is InChI=1S/C31H27N3O/c32-23-28(22-27-16-9-15-24-10-7-8-17-29(24)27)31(35)34-20-18-33(19-21-34)30(25-11-3-1-4-12-25)26-13-5-2-6-14-26/h1-17,22,30H,18-21H2/b28-22+. The van der Waals surface area contributed by atoms with Gasteiger partial charge in [-0.3, -0.25) is 9.69 Å². The first-order chi connectivity index (χ1) is 17.2. The number of hydrogen-bond acceptors (Lipinski definition) is 3. The van der Waals surface area contributed by atoms with Gasteiger partial charge in [0.05, 0.1) is 6.04 Å². The van der Waals surface area contributed by atoms with E-state index in [1.807, 2.05) is 59.5 Å². The smallest absolute Gasteiger partial charge is 0.264 e. The molecule has 0 aliphatic carbocycles. The van der Waals surface area contributed by atoms with E-state index in [2.05, 4.69) is 59.5 Å². The molecule has 4 aromatic carbocycles. The molecule has 4 heteroatoms. The minimum Gasteiger partial charge on any atom is -0.335 e. The van der Waals surface area contributed by atoms with Crippen LogP contribution in [0.3, 0.4) is 0 Å². The molecule has 0 unspecified atom stereocenters. The zero-order valence-corrected chi connectivity index (χ0v) is 19.5. The monoisotopic (exact) mass is 457 g/mol. The number of carbonyl (C=O) groups is 1. The summed E-state index contributed by atoms with van der Waals surface area (Å²) >= 11 is 0. The molecule has 1 saturated heterocycles. The van der Waals surface area contributed by atoms with Gasteiger partial charge in [0.25, 0.3) is 5.91 Å². The highest BCUT2D eigenvalue weighted by Gasteiger charge is 2.29. The maximum Gasteiger partial charge on any atom is 0.264 e. The Balaban J connectivity index is 1.35. The molecule has 0 spiro atoms. The van der Waals surface area contributed by atoms with Gasteiger partial charge in [0.2, 0.25) is 0 Å². The summed E-state index contributed by atoms with van der Waals surface area (Å²) < 4.78 is 0. The average molecular weight is 458 g/mol. The van der Waals surface area contributed by atoms with Gasteiger partial charge in [0, 0.05) is 26.2 Å². The van der Waals surface area contributed by atoms with Crippen LogP contribution in [0.1, 0.15) is 22.7 Å². The lowest BCUT2D eigenvalue weighted by molar-refractivity contribution is -0.128. The predicted octanol–water partition coefficient (Wildman–Crippen LogP) is 5.68. The fraction of sp³-hybridized carbons (Fsp3) is 0.161. The van der Waals surface area contributed by atoms with Crippen molar-refractivity contribution < 1.29 is 4.79 Å². The van der Waals surface area contributed by atoms with E-state index in [1.165, 1.54) is 11.1 Å². The predicted molar refractivity (Wildman–Crippen MR) is 140 cm³/mol. The van der Waals surface area contributed by atoms with Crippen LogP contribution in [0.5, 0.6) is 0 Å². The molecule has 4 nitrogen and oxygen atoms in total. The Bertz CT molecular complexity index is 1340. The van der Waals surface area contributed by atoms with Gasteiger partial charge in [-0.05, 0) is 33.5 Å². The average Bonchev–Trinajstić information content (AvgIpc) is 2.93. The van der Waals surface area contributed by atoms with Crippen LogP contribution in [0.4, 0.5) is 0 Å². The molecule has 1 aliphatic heterocycles. The number of benzene rings is 4. The molecule has 4 aromatic rings. The van der Waals surface area contributed by atoms with Crippen LogP contribution < -0.4 is 0 Å². The topological polar surface area (TPSA) is 47.3 Å². The summed E-state index contributed by atoms with van der Waals surface area (Å²) in [5, 5.41) is 11.9. The van der Waals surface area contributed by atoms with E-state index in [4.69, 9.17) is 0 Å². The van der Waals surface area contributed by atoms with Crippen molar-refractivity contribution in [2.75, 3.05) is 26.2 Å². The van der Waals surface area contributed by atoms with Crippen LogP contribution in [0.15, 0.2) is 109 Å². The van der Waals surface area contributed by atoms with E-state index >= 15 is 0 Å². The van der Waals surface area contributed by atoms with E-state index < -0.39 is 0 Å². The number of piperazine rings is 1. The minimum atomic E-state index is -0.198. The molecule has 0 saturated carbocycles. The van der Waals surface area contributed by atoms with Crippen molar-refractivity contribution in [3.05, 3.63) is 125 Å². The van der Waals surface area contributed by atoms with Crippen molar-refractivity contribution in [1.82, 2.24) is 9.80 Å². The lowest BCUT2D eigenvalue weighted by atomic mass is 9.96. The summed E-state index contributed by atoms with van der Waals surface area (Å²) in [6.07, 6.45) is 1.73. The highest BCUT2D eigenvalue weighted by molar-refractivity contribution is 6.04. The van der Waals surface area contributed by atoms with E-state index in [-0.39, 0.29) is 17.5 Å². The van der Waals surface area contributed by atoms with Crippen molar-refractivity contribution in [3.63, 3.8) is 0 Å². The van der Waals surface area contributed by atoms with Crippen molar-refractivity contribution in [2.45, 2.75) is 6.04 Å². The molecule has 0 radical (unpaired) electrons. The number of amides is 1. The molecule has 0 bridgehead atoms. The van der Waals surface area contributed by atoms with E-state index in [9.17, 15) is 10.1 Å². The lowest BCUT2D eigenvalue weighted by Gasteiger charge is -2.39.